The lowest BCUT2D eigenvalue weighted by Crippen LogP contribution is -2.42. The minimum Gasteiger partial charge on any atom is -0.508 e. The van der Waals surface area contributed by atoms with E-state index in [0.29, 0.717) is 5.56 Å². The minimum atomic E-state index is -0.460. The monoisotopic (exact) mass is 266 g/mol. The fourth-order valence-corrected chi connectivity index (χ4v) is 2.75. The fraction of sp³-hybridized carbons (Fsp3) is 0.500. The Balaban J connectivity index is 2.23. The van der Waals surface area contributed by atoms with E-state index in [1.165, 1.54) is 6.07 Å². The number of rotatable bonds is 3. The van der Waals surface area contributed by atoms with E-state index in [9.17, 15) is 14.3 Å². The first-order chi connectivity index (χ1) is 9.04. The zero-order valence-corrected chi connectivity index (χ0v) is 11.2. The number of likely N-dealkylation sites (tertiary alicyclic amines) is 1. The van der Waals surface area contributed by atoms with Gasteiger partial charge in [-0.15, -0.1) is 0 Å². The fourth-order valence-electron chi connectivity index (χ4n) is 2.75. The van der Waals surface area contributed by atoms with Gasteiger partial charge in [0.1, 0.15) is 11.6 Å². The normalized spacial score (nSPS) is 21.3. The van der Waals surface area contributed by atoms with Gasteiger partial charge in [0.25, 0.3) is 0 Å². The number of hydrogen-bond acceptors (Lipinski definition) is 3. The van der Waals surface area contributed by atoms with Crippen LogP contribution in [-0.2, 0) is 4.79 Å². The molecule has 1 aliphatic rings. The van der Waals surface area contributed by atoms with E-state index in [2.05, 4.69) is 5.32 Å². The summed E-state index contributed by atoms with van der Waals surface area (Å²) in [7, 11) is 1.62. The summed E-state index contributed by atoms with van der Waals surface area (Å²) in [6.45, 7) is 2.73. The van der Waals surface area contributed by atoms with Gasteiger partial charge in [-0.05, 0) is 32.4 Å². The average Bonchev–Trinajstić information content (AvgIpc) is 2.86. The Morgan fingerprint density at radius 3 is 2.95 bits per heavy atom. The highest BCUT2D eigenvalue weighted by atomic mass is 19.1. The molecule has 0 aromatic heterocycles. The van der Waals surface area contributed by atoms with E-state index in [1.807, 2.05) is 11.8 Å². The third-order valence-electron chi connectivity index (χ3n) is 3.78. The maximum absolute atomic E-state index is 13.0. The Kier molecular flexibility index (Phi) is 4.04. The molecule has 0 spiro atoms. The Labute approximate surface area is 112 Å². The van der Waals surface area contributed by atoms with Gasteiger partial charge in [-0.25, -0.2) is 4.39 Å². The standard InChI is InChI=1S/C14H19FN2O2/c1-9(11-6-5-10(15)8-13(11)18)17-7-3-4-12(17)14(19)16-2/h5-6,8-9,12,18H,3-4,7H2,1-2H3,(H,16,19). The van der Waals surface area contributed by atoms with E-state index < -0.39 is 5.82 Å². The Bertz CT molecular complexity index is 479. The summed E-state index contributed by atoms with van der Waals surface area (Å²) < 4.78 is 13.0. The van der Waals surface area contributed by atoms with Gasteiger partial charge in [0.15, 0.2) is 0 Å². The molecule has 1 aromatic carbocycles. The molecule has 0 saturated carbocycles. The molecule has 4 nitrogen and oxygen atoms in total. The first-order valence-corrected chi connectivity index (χ1v) is 6.50. The molecule has 1 heterocycles. The van der Waals surface area contributed by atoms with Crippen LogP contribution in [0.1, 0.15) is 31.4 Å². The van der Waals surface area contributed by atoms with Crippen LogP contribution in [0.4, 0.5) is 4.39 Å². The van der Waals surface area contributed by atoms with E-state index in [1.54, 1.807) is 13.1 Å². The SMILES string of the molecule is CNC(=O)C1CCCN1C(C)c1ccc(F)cc1O. The smallest absolute Gasteiger partial charge is 0.237 e. The number of aromatic hydroxyl groups is 1. The van der Waals surface area contributed by atoms with Crippen molar-refractivity contribution >= 4 is 5.91 Å². The molecule has 1 saturated heterocycles. The van der Waals surface area contributed by atoms with Gasteiger partial charge in [0, 0.05) is 24.7 Å². The molecule has 1 amide bonds. The van der Waals surface area contributed by atoms with Gasteiger partial charge in [0.2, 0.25) is 5.91 Å². The second-order valence-corrected chi connectivity index (χ2v) is 4.89. The van der Waals surface area contributed by atoms with Crippen molar-refractivity contribution in [3.05, 3.63) is 29.6 Å². The van der Waals surface area contributed by atoms with Crippen LogP contribution in [0.5, 0.6) is 5.75 Å². The predicted molar refractivity (Wildman–Crippen MR) is 70.3 cm³/mol. The average molecular weight is 266 g/mol. The second kappa shape index (κ2) is 5.57. The summed E-state index contributed by atoms with van der Waals surface area (Å²) in [5.74, 6) is -0.529. The highest BCUT2D eigenvalue weighted by Crippen LogP contribution is 2.33. The van der Waals surface area contributed by atoms with Crippen LogP contribution in [-0.4, -0.2) is 35.5 Å². The zero-order valence-electron chi connectivity index (χ0n) is 11.2. The number of nitrogens with one attached hydrogen (secondary N) is 1. The van der Waals surface area contributed by atoms with Gasteiger partial charge >= 0.3 is 0 Å². The lowest BCUT2D eigenvalue weighted by molar-refractivity contribution is -0.125. The third kappa shape index (κ3) is 2.71. The van der Waals surface area contributed by atoms with Crippen molar-refractivity contribution in [2.24, 2.45) is 0 Å². The Morgan fingerprint density at radius 1 is 1.58 bits per heavy atom. The molecule has 2 atom stereocenters. The predicted octanol–water partition coefficient (Wildman–Crippen LogP) is 1.80. The molecule has 2 N–H and O–H groups in total. The van der Waals surface area contributed by atoms with Crippen LogP contribution >= 0.6 is 0 Å². The van der Waals surface area contributed by atoms with Crippen LogP contribution in [0.2, 0.25) is 0 Å². The molecule has 0 aliphatic carbocycles. The number of phenolic OH excluding ortho intramolecular Hbond substituents is 1. The maximum atomic E-state index is 13.0. The molecule has 1 fully saturated rings. The second-order valence-electron chi connectivity index (χ2n) is 4.89. The summed E-state index contributed by atoms with van der Waals surface area (Å²) in [4.78, 5) is 13.9. The van der Waals surface area contributed by atoms with Crippen LogP contribution < -0.4 is 5.32 Å². The highest BCUT2D eigenvalue weighted by molar-refractivity contribution is 5.81. The van der Waals surface area contributed by atoms with E-state index in [-0.39, 0.29) is 23.7 Å². The summed E-state index contributed by atoms with van der Waals surface area (Å²) in [6.07, 6.45) is 1.76. The lowest BCUT2D eigenvalue weighted by atomic mass is 10.0. The van der Waals surface area contributed by atoms with Gasteiger partial charge in [0.05, 0.1) is 6.04 Å². The topological polar surface area (TPSA) is 52.6 Å². The van der Waals surface area contributed by atoms with Gasteiger partial charge < -0.3 is 10.4 Å². The largest absolute Gasteiger partial charge is 0.508 e. The molecule has 2 rings (SSSR count). The number of nitrogens with zero attached hydrogens (tertiary/aromatic N) is 1. The molecule has 2 unspecified atom stereocenters. The molecular formula is C14H19FN2O2. The summed E-state index contributed by atoms with van der Waals surface area (Å²) in [5, 5.41) is 12.5. The number of carbonyl (C=O) groups is 1. The number of amides is 1. The van der Waals surface area contributed by atoms with E-state index in [4.69, 9.17) is 0 Å². The first kappa shape index (κ1) is 13.8. The minimum absolute atomic E-state index is 0.00838. The van der Waals surface area contributed by atoms with Crippen molar-refractivity contribution in [2.45, 2.75) is 31.8 Å². The number of carbonyl (C=O) groups excluding carboxylic acids is 1. The van der Waals surface area contributed by atoms with Gasteiger partial charge in [-0.2, -0.15) is 0 Å². The summed E-state index contributed by atoms with van der Waals surface area (Å²) >= 11 is 0. The van der Waals surface area contributed by atoms with Crippen molar-refractivity contribution in [3.63, 3.8) is 0 Å². The number of likely N-dealkylation sites (N-methyl/N-ethyl adjacent to an activating group) is 1. The van der Waals surface area contributed by atoms with Gasteiger partial charge in [-0.1, -0.05) is 6.07 Å². The Hall–Kier alpha value is -1.62. The first-order valence-electron chi connectivity index (χ1n) is 6.50. The van der Waals surface area contributed by atoms with Gasteiger partial charge in [-0.3, -0.25) is 9.69 Å². The van der Waals surface area contributed by atoms with Crippen molar-refractivity contribution in [1.29, 1.82) is 0 Å². The van der Waals surface area contributed by atoms with Crippen molar-refractivity contribution in [1.82, 2.24) is 10.2 Å². The van der Waals surface area contributed by atoms with Crippen LogP contribution in [0.25, 0.3) is 0 Å². The number of phenols is 1. The van der Waals surface area contributed by atoms with E-state index in [0.717, 1.165) is 25.5 Å². The van der Waals surface area contributed by atoms with E-state index >= 15 is 0 Å². The van der Waals surface area contributed by atoms with Crippen LogP contribution in [0.3, 0.4) is 0 Å². The zero-order chi connectivity index (χ0) is 14.0. The highest BCUT2D eigenvalue weighted by Gasteiger charge is 2.34. The molecule has 0 radical (unpaired) electrons. The van der Waals surface area contributed by atoms with Crippen LogP contribution in [0.15, 0.2) is 18.2 Å². The molecule has 104 valence electrons. The van der Waals surface area contributed by atoms with Crippen molar-refractivity contribution < 1.29 is 14.3 Å². The number of benzene rings is 1. The molecule has 1 aromatic rings. The Morgan fingerprint density at radius 2 is 2.32 bits per heavy atom. The quantitative estimate of drug-likeness (QED) is 0.877. The molecular weight excluding hydrogens is 247 g/mol. The molecule has 1 aliphatic heterocycles. The summed E-state index contributed by atoms with van der Waals surface area (Å²) in [5.41, 5.74) is 0.650. The summed E-state index contributed by atoms with van der Waals surface area (Å²) in [6, 6.07) is 3.72. The maximum Gasteiger partial charge on any atom is 0.237 e. The van der Waals surface area contributed by atoms with Crippen molar-refractivity contribution in [3.8, 4) is 5.75 Å². The number of halogens is 1. The molecule has 5 heteroatoms. The number of hydrogen-bond donors (Lipinski definition) is 2. The van der Waals surface area contributed by atoms with Crippen molar-refractivity contribution in [2.75, 3.05) is 13.6 Å². The van der Waals surface area contributed by atoms with Crippen LogP contribution in [0, 0.1) is 5.82 Å². The molecule has 19 heavy (non-hydrogen) atoms. The molecule has 0 bridgehead atoms. The third-order valence-corrected chi connectivity index (χ3v) is 3.78. The lowest BCUT2D eigenvalue weighted by Gasteiger charge is -2.30.